The van der Waals surface area contributed by atoms with Crippen molar-refractivity contribution in [3.05, 3.63) is 60.2 Å². The van der Waals surface area contributed by atoms with Crippen LogP contribution in [0.2, 0.25) is 0 Å². The van der Waals surface area contributed by atoms with Crippen LogP contribution in [0.1, 0.15) is 30.1 Å². The minimum absolute atomic E-state index is 0.0768. The van der Waals surface area contributed by atoms with Gasteiger partial charge in [-0.3, -0.25) is 4.79 Å². The highest BCUT2D eigenvalue weighted by atomic mass is 16.5. The van der Waals surface area contributed by atoms with Gasteiger partial charge in [0.2, 0.25) is 0 Å². The molecule has 0 fully saturated rings. The summed E-state index contributed by atoms with van der Waals surface area (Å²) in [4.78, 5) is 12.0. The van der Waals surface area contributed by atoms with Gasteiger partial charge in [0.05, 0.1) is 13.2 Å². The van der Waals surface area contributed by atoms with E-state index in [4.69, 9.17) is 9.47 Å². The van der Waals surface area contributed by atoms with Crippen LogP contribution in [0.3, 0.4) is 0 Å². The Hall–Kier alpha value is -2.29. The Balaban J connectivity index is 1.80. The van der Waals surface area contributed by atoms with Gasteiger partial charge in [0.25, 0.3) is 0 Å². The van der Waals surface area contributed by atoms with E-state index in [2.05, 4.69) is 6.92 Å². The third kappa shape index (κ3) is 4.95. The molecule has 0 saturated carbocycles. The van der Waals surface area contributed by atoms with Gasteiger partial charge in [-0.25, -0.2) is 0 Å². The normalized spacial score (nSPS) is 10.1. The van der Waals surface area contributed by atoms with Gasteiger partial charge in [-0.05, 0) is 42.8 Å². The average Bonchev–Trinajstić information content (AvgIpc) is 2.54. The summed E-state index contributed by atoms with van der Waals surface area (Å²) in [6, 6.07) is 16.8. The molecule has 0 aliphatic carbocycles. The van der Waals surface area contributed by atoms with Crippen LogP contribution in [-0.2, 0) is 0 Å². The van der Waals surface area contributed by atoms with Gasteiger partial charge in [0, 0.05) is 12.0 Å². The SMILES string of the molecule is CCCOc1ccc(C(=O)CCOc2ccccc2)cc1. The minimum atomic E-state index is 0.0768. The molecule has 0 bridgehead atoms. The number of ether oxygens (including phenoxy) is 2. The molecular formula is C18H20O3. The first kappa shape index (κ1) is 15.1. The molecule has 0 amide bonds. The number of carbonyl (C=O) groups excluding carboxylic acids is 1. The summed E-state index contributed by atoms with van der Waals surface area (Å²) in [6.07, 6.45) is 1.33. The topological polar surface area (TPSA) is 35.5 Å². The van der Waals surface area contributed by atoms with E-state index in [9.17, 15) is 4.79 Å². The van der Waals surface area contributed by atoms with Gasteiger partial charge in [0.1, 0.15) is 11.5 Å². The lowest BCUT2D eigenvalue weighted by Crippen LogP contribution is -2.06. The quantitative estimate of drug-likeness (QED) is 0.684. The molecule has 2 aromatic rings. The first-order valence-corrected chi connectivity index (χ1v) is 7.23. The first-order valence-electron chi connectivity index (χ1n) is 7.23. The van der Waals surface area contributed by atoms with Crippen molar-refractivity contribution in [2.24, 2.45) is 0 Å². The molecule has 3 nitrogen and oxygen atoms in total. The zero-order valence-electron chi connectivity index (χ0n) is 12.2. The highest BCUT2D eigenvalue weighted by Crippen LogP contribution is 2.14. The summed E-state index contributed by atoms with van der Waals surface area (Å²) < 4.78 is 11.0. The summed E-state index contributed by atoms with van der Waals surface area (Å²) in [5, 5.41) is 0. The van der Waals surface area contributed by atoms with E-state index in [1.807, 2.05) is 42.5 Å². The average molecular weight is 284 g/mol. The standard InChI is InChI=1S/C18H20O3/c1-2-13-20-17-10-8-15(9-11-17)18(19)12-14-21-16-6-4-3-5-7-16/h3-11H,2,12-14H2,1H3. The van der Waals surface area contributed by atoms with E-state index in [-0.39, 0.29) is 5.78 Å². The van der Waals surface area contributed by atoms with Crippen molar-refractivity contribution in [1.82, 2.24) is 0 Å². The number of hydrogen-bond acceptors (Lipinski definition) is 3. The fraction of sp³-hybridized carbons (Fsp3) is 0.278. The Bertz CT molecular complexity index is 546. The Morgan fingerprint density at radius 3 is 2.14 bits per heavy atom. The van der Waals surface area contributed by atoms with Crippen LogP contribution >= 0.6 is 0 Å². The molecule has 0 aliphatic heterocycles. The summed E-state index contributed by atoms with van der Waals surface area (Å²) in [5.74, 6) is 1.66. The first-order chi connectivity index (χ1) is 10.3. The van der Waals surface area contributed by atoms with Crippen molar-refractivity contribution in [2.45, 2.75) is 19.8 Å². The molecule has 0 aliphatic rings. The van der Waals surface area contributed by atoms with Crippen LogP contribution in [0.25, 0.3) is 0 Å². The Kier molecular flexibility index (Phi) is 5.83. The summed E-state index contributed by atoms with van der Waals surface area (Å²) in [6.45, 7) is 3.14. The van der Waals surface area contributed by atoms with Crippen molar-refractivity contribution < 1.29 is 14.3 Å². The number of carbonyl (C=O) groups is 1. The van der Waals surface area contributed by atoms with Crippen molar-refractivity contribution in [3.63, 3.8) is 0 Å². The lowest BCUT2D eigenvalue weighted by molar-refractivity contribution is 0.0962. The molecule has 21 heavy (non-hydrogen) atoms. The number of rotatable bonds is 8. The fourth-order valence-electron chi connectivity index (χ4n) is 1.88. The van der Waals surface area contributed by atoms with Crippen LogP contribution in [0.5, 0.6) is 11.5 Å². The second kappa shape index (κ2) is 8.10. The third-order valence-corrected chi connectivity index (χ3v) is 2.99. The maximum Gasteiger partial charge on any atom is 0.166 e. The highest BCUT2D eigenvalue weighted by molar-refractivity contribution is 5.96. The van der Waals surface area contributed by atoms with Crippen molar-refractivity contribution >= 4 is 5.78 Å². The zero-order chi connectivity index (χ0) is 14.9. The molecule has 2 aromatic carbocycles. The minimum Gasteiger partial charge on any atom is -0.494 e. The van der Waals surface area contributed by atoms with Gasteiger partial charge in [-0.2, -0.15) is 0 Å². The second-order valence-corrected chi connectivity index (χ2v) is 4.71. The molecule has 110 valence electrons. The molecule has 0 spiro atoms. The largest absolute Gasteiger partial charge is 0.494 e. The summed E-state index contributed by atoms with van der Waals surface area (Å²) in [7, 11) is 0. The molecular weight excluding hydrogens is 264 g/mol. The number of benzene rings is 2. The maximum atomic E-state index is 12.0. The van der Waals surface area contributed by atoms with Gasteiger partial charge >= 0.3 is 0 Å². The second-order valence-electron chi connectivity index (χ2n) is 4.71. The van der Waals surface area contributed by atoms with Gasteiger partial charge < -0.3 is 9.47 Å². The van der Waals surface area contributed by atoms with E-state index in [1.54, 1.807) is 12.1 Å². The van der Waals surface area contributed by atoms with Crippen LogP contribution in [-0.4, -0.2) is 19.0 Å². The van der Waals surface area contributed by atoms with Gasteiger partial charge in [0.15, 0.2) is 5.78 Å². The molecule has 3 heteroatoms. The van der Waals surface area contributed by atoms with E-state index >= 15 is 0 Å². The van der Waals surface area contributed by atoms with E-state index in [0.717, 1.165) is 17.9 Å². The van der Waals surface area contributed by atoms with Crippen LogP contribution < -0.4 is 9.47 Å². The zero-order valence-corrected chi connectivity index (χ0v) is 12.2. The smallest absolute Gasteiger partial charge is 0.166 e. The maximum absolute atomic E-state index is 12.0. The lowest BCUT2D eigenvalue weighted by Gasteiger charge is -2.07. The molecule has 2 rings (SSSR count). The fourth-order valence-corrected chi connectivity index (χ4v) is 1.88. The molecule has 0 heterocycles. The Labute approximate surface area is 125 Å². The molecule has 0 N–H and O–H groups in total. The summed E-state index contributed by atoms with van der Waals surface area (Å²) in [5.41, 5.74) is 0.690. The predicted molar refractivity (Wildman–Crippen MR) is 83.1 cm³/mol. The van der Waals surface area contributed by atoms with Crippen LogP contribution in [0, 0.1) is 0 Å². The number of Topliss-reactive ketones (excluding diaryl/α,β-unsaturated/α-hetero) is 1. The van der Waals surface area contributed by atoms with Crippen molar-refractivity contribution in [1.29, 1.82) is 0 Å². The van der Waals surface area contributed by atoms with Crippen LogP contribution in [0.15, 0.2) is 54.6 Å². The molecule has 0 atom stereocenters. The number of hydrogen-bond donors (Lipinski definition) is 0. The molecule has 0 unspecified atom stereocenters. The molecule has 0 aromatic heterocycles. The van der Waals surface area contributed by atoms with E-state index in [1.165, 1.54) is 0 Å². The predicted octanol–water partition coefficient (Wildman–Crippen LogP) is 4.13. The Morgan fingerprint density at radius 2 is 1.48 bits per heavy atom. The van der Waals surface area contributed by atoms with Gasteiger partial charge in [-0.15, -0.1) is 0 Å². The highest BCUT2D eigenvalue weighted by Gasteiger charge is 2.06. The van der Waals surface area contributed by atoms with Crippen molar-refractivity contribution in [3.8, 4) is 11.5 Å². The molecule has 0 radical (unpaired) electrons. The van der Waals surface area contributed by atoms with Crippen LogP contribution in [0.4, 0.5) is 0 Å². The molecule has 0 saturated heterocycles. The third-order valence-electron chi connectivity index (χ3n) is 2.99. The number of para-hydroxylation sites is 1. The van der Waals surface area contributed by atoms with Crippen molar-refractivity contribution in [2.75, 3.05) is 13.2 Å². The number of ketones is 1. The lowest BCUT2D eigenvalue weighted by atomic mass is 10.1. The Morgan fingerprint density at radius 1 is 0.857 bits per heavy atom. The van der Waals surface area contributed by atoms with E-state index in [0.29, 0.717) is 25.2 Å². The van der Waals surface area contributed by atoms with E-state index < -0.39 is 0 Å². The monoisotopic (exact) mass is 284 g/mol. The summed E-state index contributed by atoms with van der Waals surface area (Å²) >= 11 is 0. The van der Waals surface area contributed by atoms with Gasteiger partial charge in [-0.1, -0.05) is 25.1 Å².